The molecule has 8 aromatic carbocycles. The summed E-state index contributed by atoms with van der Waals surface area (Å²) in [6, 6.07) is 37.2. The van der Waals surface area contributed by atoms with Crippen LogP contribution in [-0.2, 0) is 16.0 Å². The van der Waals surface area contributed by atoms with E-state index in [2.05, 4.69) is 78.0 Å². The van der Waals surface area contributed by atoms with E-state index in [9.17, 15) is 55.9 Å². The van der Waals surface area contributed by atoms with Crippen LogP contribution in [0.25, 0.3) is 52.0 Å². The number of urea groups is 4. The number of aromatic amines is 1. The summed E-state index contributed by atoms with van der Waals surface area (Å²) in [5.41, 5.74) is 15.2. The van der Waals surface area contributed by atoms with Crippen molar-refractivity contribution in [2.24, 2.45) is 5.92 Å². The second kappa shape index (κ2) is 47.5. The van der Waals surface area contributed by atoms with Crippen LogP contribution in [0.15, 0.2) is 223 Å². The van der Waals surface area contributed by atoms with Gasteiger partial charge < -0.3 is 105 Å². The highest BCUT2D eigenvalue weighted by molar-refractivity contribution is 8.00. The maximum Gasteiger partial charge on any atom is 0.511 e. The van der Waals surface area contributed by atoms with Crippen molar-refractivity contribution in [1.82, 2.24) is 51.4 Å². The van der Waals surface area contributed by atoms with Gasteiger partial charge in [-0.3, -0.25) is 40.3 Å². The van der Waals surface area contributed by atoms with Crippen molar-refractivity contribution in [2.45, 2.75) is 51.0 Å². The number of aromatic nitrogens is 6. The molecule has 748 valence electrons. The highest BCUT2D eigenvalue weighted by Gasteiger charge is 2.40. The number of hydrogen-bond acceptors (Lipinski definition) is 25. The number of nitrogens with zero attached hydrogens (tertiary/aromatic N) is 5. The molecule has 0 spiro atoms. The Morgan fingerprint density at radius 1 is 0.421 bits per heavy atom. The first kappa shape index (κ1) is 104. The number of ether oxygens (including phenoxy) is 10. The zero-order valence-electron chi connectivity index (χ0n) is 79.4. The van der Waals surface area contributed by atoms with Gasteiger partial charge in [0.1, 0.15) is 64.3 Å². The van der Waals surface area contributed by atoms with Crippen molar-refractivity contribution in [3.05, 3.63) is 308 Å². The fourth-order valence-electron chi connectivity index (χ4n) is 16.4. The molecular formula is C103H95F4N15O22S. The number of halogens is 4. The third-order valence-electron chi connectivity index (χ3n) is 22.8. The van der Waals surface area contributed by atoms with E-state index in [0.717, 1.165) is 50.7 Å². The molecule has 4 aliphatic carbocycles. The van der Waals surface area contributed by atoms with Crippen LogP contribution < -0.4 is 95.2 Å². The topological polar surface area (TPSA) is 498 Å². The molecule has 42 heteroatoms. The minimum atomic E-state index is -1.52. The van der Waals surface area contributed by atoms with Gasteiger partial charge in [0.15, 0.2) is 28.8 Å². The van der Waals surface area contributed by atoms with Crippen LogP contribution in [0, 0.1) is 29.2 Å². The summed E-state index contributed by atoms with van der Waals surface area (Å²) in [5, 5.41) is 67.6. The normalized spacial score (nSPS) is 14.5. The average Bonchev–Trinajstić information content (AvgIpc) is 1.63. The molecular weight excluding hydrogens is 1910 g/mol. The summed E-state index contributed by atoms with van der Waals surface area (Å²) < 4.78 is 110. The Hall–Kier alpha value is -18.4. The van der Waals surface area contributed by atoms with Crippen molar-refractivity contribution in [3.8, 4) is 57.5 Å². The number of pyridine rings is 2. The summed E-state index contributed by atoms with van der Waals surface area (Å²) in [7, 11) is 11.5. The molecule has 0 fully saturated rings. The average molecular weight is 2000 g/mol. The van der Waals surface area contributed by atoms with Crippen molar-refractivity contribution < 1.29 is 124 Å². The van der Waals surface area contributed by atoms with Gasteiger partial charge in [0.05, 0.1) is 127 Å². The van der Waals surface area contributed by atoms with Crippen LogP contribution in [0.1, 0.15) is 106 Å². The molecule has 3 unspecified atom stereocenters. The van der Waals surface area contributed by atoms with E-state index in [0.29, 0.717) is 136 Å². The number of hydrogen-bond donors (Lipinski definition) is 14. The Bertz CT molecular complexity index is 6840. The molecule has 37 nitrogen and oxygen atoms in total. The predicted molar refractivity (Wildman–Crippen MR) is 533 cm³/mol. The van der Waals surface area contributed by atoms with Gasteiger partial charge in [-0.1, -0.05) is 31.2 Å². The van der Waals surface area contributed by atoms with Gasteiger partial charge >= 0.3 is 48.4 Å². The first-order valence-electron chi connectivity index (χ1n) is 43.7. The Morgan fingerprint density at radius 2 is 0.834 bits per heavy atom. The molecule has 3 atom stereocenters. The van der Waals surface area contributed by atoms with Gasteiger partial charge in [-0.2, -0.15) is 5.10 Å². The van der Waals surface area contributed by atoms with Gasteiger partial charge in [0.2, 0.25) is 11.5 Å². The Labute approximate surface area is 829 Å². The molecule has 14 N–H and O–H groups in total. The highest BCUT2D eigenvalue weighted by Crippen LogP contribution is 2.52. The number of H-pyrrole nitrogens is 1. The Morgan fingerprint density at radius 3 is 1.21 bits per heavy atom. The number of carboxylic acid groups (broad SMARTS) is 4. The maximum atomic E-state index is 14.2. The lowest BCUT2D eigenvalue weighted by Gasteiger charge is -2.23. The fourth-order valence-corrected chi connectivity index (χ4v) is 17.3. The molecule has 4 heterocycles. The number of thioether (sulfide) groups is 1. The van der Waals surface area contributed by atoms with Crippen LogP contribution in [0.4, 0.5) is 75.0 Å². The largest absolute Gasteiger partial charge is 0.511 e. The SMILES string of the molecule is COc1cc(/C=C2/C(C)=C(NC(=O)Nc3cccnc3)c3cc(F)ccc32)cc(OC)c1NCC(=O)O.COc1cc(/C=C2/C(C)=C(NC(=O)Nc3cccnc3)c3cc(F)ccc32)cc(OC)c1OC(=O)O.COc1cc(/C=C2/C(C)=C(NC(=O)Nc3cnccn3)c3cc(F)ccc32)cc(OC)c1OC(=O)O.COc1cc(CC2c3ccc(F)cc3C(NC(=O)Nc3ccn[nH]3)C2C)cc(OC)c1SCC(=O)O. The standard InChI is InChI=1S/C27H25FN4O5.C26H22FN3O6.C25H21FN4O6.C25H27FN4O5S/c1-15-20(9-16-10-22(36-2)26(23(11-16)37-3)30-14-24(33)34)19-7-6-17(28)12-21(19)25(15)32-27(35)31-18-5-4-8-29-13-18;1-14-19(9-15-10-21(34-2)24(36-26(32)33)22(11-15)35-3)18-7-6-16(27)12-20(18)23(14)30-25(31)29-17-5-4-8-28-13-17;1-13-17(8-14-9-19(34-2)23(36-25(32)33)20(10-14)35-3)16-5-4-15(26)11-18(16)22(13)30-24(31)29-21-12-27-6-7-28-21;1-13-17(8-14-9-19(34-2)24(20(10-14)35-3)36-12-22(31)32)16-5-4-15(26)11-18(16)23(13)29-25(33)28-21-6-7-27-30-21/h4-13,30H,14H2,1-3H3,(H,33,34)(H2,31,32,35);4-13H,1-3H3,(H,32,33)(H2,29,30,31);4-12H,1-3H3,(H,32,33)(H2,28,29,30,31);4-7,9-11,13,17,23H,8,12H2,1-3H3,(H,31,32)(H3,27,28,29,30,33)/b20-9-;19-9-;17-8-;. The molecule has 8 amide bonds. The van der Waals surface area contributed by atoms with E-state index in [1.807, 2.05) is 32.1 Å². The van der Waals surface area contributed by atoms with E-state index >= 15 is 0 Å². The van der Waals surface area contributed by atoms with Crippen LogP contribution in [0.5, 0.6) is 57.5 Å². The van der Waals surface area contributed by atoms with Gasteiger partial charge in [-0.25, -0.2) is 51.3 Å². The van der Waals surface area contributed by atoms with Crippen molar-refractivity contribution in [2.75, 3.05) is 95.8 Å². The lowest BCUT2D eigenvalue weighted by atomic mass is 9.86. The number of carbonyl (C=O) groups excluding carboxylic acids is 4. The van der Waals surface area contributed by atoms with Gasteiger partial charge in [-0.15, -0.1) is 11.8 Å². The molecule has 16 rings (SSSR count). The minimum Gasteiger partial charge on any atom is -0.495 e. The number of aliphatic carboxylic acids is 2. The zero-order valence-corrected chi connectivity index (χ0v) is 80.2. The number of carboxylic acids is 2. The molecule has 4 aliphatic rings. The van der Waals surface area contributed by atoms with Gasteiger partial charge in [0, 0.05) is 47.5 Å². The lowest BCUT2D eigenvalue weighted by molar-refractivity contribution is -0.135. The van der Waals surface area contributed by atoms with E-state index in [1.165, 1.54) is 143 Å². The first-order valence-corrected chi connectivity index (χ1v) is 44.7. The number of carbonyl (C=O) groups is 8. The molecule has 0 saturated heterocycles. The molecule has 0 aliphatic heterocycles. The number of nitrogens with one attached hydrogen (secondary N) is 10. The molecule has 0 bridgehead atoms. The minimum absolute atomic E-state index is 0.0232. The monoisotopic (exact) mass is 2000 g/mol. The Balaban J connectivity index is 0.000000162. The number of fused-ring (bicyclic) bond motifs is 4. The van der Waals surface area contributed by atoms with Crippen molar-refractivity contribution in [3.63, 3.8) is 0 Å². The number of anilines is 5. The van der Waals surface area contributed by atoms with Crippen LogP contribution in [0.2, 0.25) is 0 Å². The third-order valence-corrected chi connectivity index (χ3v) is 23.9. The third kappa shape index (κ3) is 25.5. The number of allylic oxidation sites excluding steroid dienone is 6. The second-order valence-electron chi connectivity index (χ2n) is 31.8. The van der Waals surface area contributed by atoms with Gasteiger partial charge in [0.25, 0.3) is 0 Å². The smallest absolute Gasteiger partial charge is 0.495 e. The number of rotatable bonds is 29. The van der Waals surface area contributed by atoms with E-state index in [4.69, 9.17) is 67.8 Å². The summed E-state index contributed by atoms with van der Waals surface area (Å²) in [5.74, 6) is -0.929. The summed E-state index contributed by atoms with van der Waals surface area (Å²) in [4.78, 5) is 111. The van der Waals surface area contributed by atoms with Crippen LogP contribution >= 0.6 is 11.8 Å². The van der Waals surface area contributed by atoms with Crippen LogP contribution in [-0.4, -0.2) is 168 Å². The van der Waals surface area contributed by atoms with E-state index in [-0.39, 0.29) is 70.3 Å². The summed E-state index contributed by atoms with van der Waals surface area (Å²) in [6.07, 6.45) is 15.1. The molecule has 0 saturated carbocycles. The maximum absolute atomic E-state index is 14.2. The van der Waals surface area contributed by atoms with E-state index < -0.39 is 71.9 Å². The molecule has 145 heavy (non-hydrogen) atoms. The molecule has 12 aromatic rings. The van der Waals surface area contributed by atoms with Crippen LogP contribution in [0.3, 0.4) is 0 Å². The van der Waals surface area contributed by atoms with Gasteiger partial charge in [-0.05, 0) is 262 Å². The summed E-state index contributed by atoms with van der Waals surface area (Å²) in [6.45, 7) is 7.14. The fraction of sp³-hybridized carbons (Fsp3) is 0.175. The lowest BCUT2D eigenvalue weighted by Crippen LogP contribution is -2.34. The molecule has 0 radical (unpaired) electrons. The number of amides is 8. The quantitative estimate of drug-likeness (QED) is 0.00896. The zero-order chi connectivity index (χ0) is 104. The predicted octanol–water partition coefficient (Wildman–Crippen LogP) is 19.6. The van der Waals surface area contributed by atoms with E-state index in [1.54, 1.807) is 129 Å². The Kier molecular flexibility index (Phi) is 34.1. The van der Waals surface area contributed by atoms with Crippen molar-refractivity contribution >= 4 is 141 Å². The highest BCUT2D eigenvalue weighted by atomic mass is 32.2. The summed E-state index contributed by atoms with van der Waals surface area (Å²) >= 11 is 1.13. The van der Waals surface area contributed by atoms with Crippen molar-refractivity contribution in [1.29, 1.82) is 0 Å². The number of benzene rings is 8. The molecule has 4 aromatic heterocycles. The first-order chi connectivity index (χ1) is 69.7. The number of methoxy groups -OCH3 is 8. The second-order valence-corrected chi connectivity index (χ2v) is 32.8.